The molecule has 0 N–H and O–H groups in total. The number of aryl methyl sites for hydroxylation is 1. The average molecular weight is 320 g/mol. The molecule has 0 spiro atoms. The zero-order valence-corrected chi connectivity index (χ0v) is 10.5. The van der Waals surface area contributed by atoms with E-state index in [2.05, 4.69) is 15.9 Å². The first kappa shape index (κ1) is 13.8. The van der Waals surface area contributed by atoms with E-state index in [-0.39, 0.29) is 16.1 Å². The molecule has 90 valence electrons. The van der Waals surface area contributed by atoms with Gasteiger partial charge in [0.1, 0.15) is 5.82 Å². The molecule has 0 amide bonds. The lowest BCUT2D eigenvalue weighted by atomic mass is 10.1. The van der Waals surface area contributed by atoms with Gasteiger partial charge >= 0.3 is 6.18 Å². The van der Waals surface area contributed by atoms with Crippen LogP contribution in [0.5, 0.6) is 0 Å². The molecule has 0 aliphatic rings. The van der Waals surface area contributed by atoms with Crippen LogP contribution in [0.3, 0.4) is 0 Å². The smallest absolute Gasteiger partial charge is 0.207 e. The van der Waals surface area contributed by atoms with E-state index in [0.717, 1.165) is 6.07 Å². The normalized spacial score (nSPS) is 13.9. The second-order valence-electron chi connectivity index (χ2n) is 3.41. The highest BCUT2D eigenvalue weighted by molar-refractivity contribution is 9.09. The summed E-state index contributed by atoms with van der Waals surface area (Å²) in [6.45, 7) is 1.47. The lowest BCUT2D eigenvalue weighted by Crippen LogP contribution is -2.11. The molecule has 1 aromatic rings. The van der Waals surface area contributed by atoms with Crippen molar-refractivity contribution in [3.8, 4) is 0 Å². The fourth-order valence-corrected chi connectivity index (χ4v) is 2.39. The topological polar surface area (TPSA) is 0 Å². The van der Waals surface area contributed by atoms with Gasteiger partial charge in [-0.3, -0.25) is 0 Å². The van der Waals surface area contributed by atoms with Crippen LogP contribution >= 0.6 is 27.5 Å². The molecule has 1 unspecified atom stereocenters. The summed E-state index contributed by atoms with van der Waals surface area (Å²) in [5, 5.41) is -0.00535. The molecule has 1 atom stereocenters. The molecule has 16 heavy (non-hydrogen) atoms. The summed E-state index contributed by atoms with van der Waals surface area (Å²) in [6.07, 6.45) is -5.34. The lowest BCUT2D eigenvalue weighted by Gasteiger charge is -2.15. The first-order valence-electron chi connectivity index (χ1n) is 4.37. The van der Waals surface area contributed by atoms with Gasteiger partial charge in [-0.2, -0.15) is 13.2 Å². The molecule has 1 rings (SSSR count). The second-order valence-corrected chi connectivity index (χ2v) is 4.92. The fraction of sp³-hybridized carbons (Fsp3) is 0.400. The zero-order valence-electron chi connectivity index (χ0n) is 8.21. The van der Waals surface area contributed by atoms with Gasteiger partial charge in [0.25, 0.3) is 0 Å². The summed E-state index contributed by atoms with van der Waals surface area (Å²) in [5.41, 5.74) is 0.518. The molecule has 6 heteroatoms. The van der Waals surface area contributed by atoms with Gasteiger partial charge in [-0.25, -0.2) is 4.39 Å². The monoisotopic (exact) mass is 318 g/mol. The van der Waals surface area contributed by atoms with E-state index < -0.39 is 23.2 Å². The quantitative estimate of drug-likeness (QED) is 0.521. The van der Waals surface area contributed by atoms with E-state index in [1.165, 1.54) is 13.0 Å². The van der Waals surface area contributed by atoms with Crippen molar-refractivity contribution in [2.75, 3.05) is 0 Å². The van der Waals surface area contributed by atoms with E-state index in [9.17, 15) is 17.6 Å². The largest absolute Gasteiger partial charge is 0.390 e. The minimum absolute atomic E-state index is 0.00535. The molecule has 0 saturated heterocycles. The summed E-state index contributed by atoms with van der Waals surface area (Å²) in [7, 11) is 0. The van der Waals surface area contributed by atoms with Gasteiger partial charge in [-0.15, -0.1) is 0 Å². The molecule has 0 bridgehead atoms. The standard InChI is InChI=1S/C10H8BrClF4/c1-5-2-6(8(12)3-9(5)13)7(11)4-10(14,15)16/h2-3,7H,4H2,1H3. The highest BCUT2D eigenvalue weighted by atomic mass is 79.9. The number of hydrogen-bond acceptors (Lipinski definition) is 0. The molecule has 1 aromatic carbocycles. The fourth-order valence-electron chi connectivity index (χ4n) is 1.23. The highest BCUT2D eigenvalue weighted by Crippen LogP contribution is 2.39. The summed E-state index contributed by atoms with van der Waals surface area (Å²) < 4.78 is 49.5. The third-order valence-corrected chi connectivity index (χ3v) is 3.17. The molecule has 0 aliphatic heterocycles. The molecule has 0 nitrogen and oxygen atoms in total. The van der Waals surface area contributed by atoms with Crippen molar-refractivity contribution in [2.24, 2.45) is 0 Å². The van der Waals surface area contributed by atoms with Crippen LogP contribution in [0.2, 0.25) is 5.02 Å². The Morgan fingerprint density at radius 1 is 1.38 bits per heavy atom. The van der Waals surface area contributed by atoms with E-state index >= 15 is 0 Å². The van der Waals surface area contributed by atoms with Crippen molar-refractivity contribution >= 4 is 27.5 Å². The first-order valence-corrected chi connectivity index (χ1v) is 5.66. The molecule has 0 aliphatic carbocycles. The Bertz CT molecular complexity index is 389. The Hall–Kier alpha value is -0.290. The molecule has 0 radical (unpaired) electrons. The van der Waals surface area contributed by atoms with Crippen LogP contribution in [-0.4, -0.2) is 6.18 Å². The maximum absolute atomic E-state index is 13.0. The van der Waals surface area contributed by atoms with Gasteiger partial charge in [0.2, 0.25) is 0 Å². The van der Waals surface area contributed by atoms with Crippen LogP contribution < -0.4 is 0 Å². The Kier molecular flexibility index (Phi) is 4.23. The Morgan fingerprint density at radius 2 is 1.94 bits per heavy atom. The van der Waals surface area contributed by atoms with Crippen LogP contribution in [-0.2, 0) is 0 Å². The second kappa shape index (κ2) is 4.92. The maximum Gasteiger partial charge on any atom is 0.390 e. The van der Waals surface area contributed by atoms with Crippen molar-refractivity contribution in [3.05, 3.63) is 34.1 Å². The number of alkyl halides is 4. The van der Waals surface area contributed by atoms with E-state index in [1.807, 2.05) is 0 Å². The third-order valence-electron chi connectivity index (χ3n) is 2.03. The van der Waals surface area contributed by atoms with Gasteiger partial charge in [0, 0.05) is 9.85 Å². The van der Waals surface area contributed by atoms with E-state index in [4.69, 9.17) is 11.6 Å². The number of halogens is 6. The SMILES string of the molecule is Cc1cc(C(Br)CC(F)(F)F)c(Cl)cc1F. The Balaban J connectivity index is 3.00. The number of hydrogen-bond donors (Lipinski definition) is 0. The minimum Gasteiger partial charge on any atom is -0.207 e. The summed E-state index contributed by atoms with van der Waals surface area (Å²) >= 11 is 8.59. The van der Waals surface area contributed by atoms with Crippen LogP contribution in [0.1, 0.15) is 22.4 Å². The predicted octanol–water partition coefficient (Wildman–Crippen LogP) is 5.18. The van der Waals surface area contributed by atoms with Crippen molar-refractivity contribution in [1.29, 1.82) is 0 Å². The molecule has 0 fully saturated rings. The van der Waals surface area contributed by atoms with Crippen molar-refractivity contribution in [3.63, 3.8) is 0 Å². The average Bonchev–Trinajstić information content (AvgIpc) is 2.08. The van der Waals surface area contributed by atoms with Gasteiger partial charge in [-0.05, 0) is 24.1 Å². The van der Waals surface area contributed by atoms with Crippen molar-refractivity contribution in [2.45, 2.75) is 24.3 Å². The Morgan fingerprint density at radius 3 is 2.44 bits per heavy atom. The highest BCUT2D eigenvalue weighted by Gasteiger charge is 2.32. The maximum atomic E-state index is 13.0. The zero-order chi connectivity index (χ0) is 12.5. The lowest BCUT2D eigenvalue weighted by molar-refractivity contribution is -0.134. The molecule has 0 saturated carbocycles. The van der Waals surface area contributed by atoms with Crippen LogP contribution in [0.4, 0.5) is 17.6 Å². The summed E-state index contributed by atoms with van der Waals surface area (Å²) in [4.78, 5) is -0.959. The van der Waals surface area contributed by atoms with Gasteiger partial charge in [0.15, 0.2) is 0 Å². The van der Waals surface area contributed by atoms with Crippen LogP contribution in [0.15, 0.2) is 12.1 Å². The van der Waals surface area contributed by atoms with E-state index in [0.29, 0.717) is 0 Å². The van der Waals surface area contributed by atoms with Crippen molar-refractivity contribution < 1.29 is 17.6 Å². The third kappa shape index (κ3) is 3.63. The molecular formula is C10H8BrClF4. The number of rotatable bonds is 2. The predicted molar refractivity (Wildman–Crippen MR) is 58.5 cm³/mol. The summed E-state index contributed by atoms with van der Waals surface area (Å²) in [6, 6.07) is 2.35. The van der Waals surface area contributed by atoms with Crippen molar-refractivity contribution in [1.82, 2.24) is 0 Å². The molecule has 0 aromatic heterocycles. The molecule has 0 heterocycles. The van der Waals surface area contributed by atoms with Crippen LogP contribution in [0.25, 0.3) is 0 Å². The minimum atomic E-state index is -4.29. The number of benzene rings is 1. The van der Waals surface area contributed by atoms with Gasteiger partial charge < -0.3 is 0 Å². The molecular weight excluding hydrogens is 311 g/mol. The summed E-state index contributed by atoms with van der Waals surface area (Å²) in [5.74, 6) is -0.527. The van der Waals surface area contributed by atoms with Gasteiger partial charge in [0.05, 0.1) is 6.42 Å². The van der Waals surface area contributed by atoms with Gasteiger partial charge in [-0.1, -0.05) is 33.6 Å². The first-order chi connectivity index (χ1) is 7.20. The van der Waals surface area contributed by atoms with E-state index in [1.54, 1.807) is 0 Å². The van der Waals surface area contributed by atoms with Crippen LogP contribution in [0, 0.1) is 12.7 Å². The Labute approximate surface area is 104 Å².